The van der Waals surface area contributed by atoms with Crippen molar-refractivity contribution in [1.29, 1.82) is 0 Å². The number of nitrogens with zero attached hydrogens (tertiary/aromatic N) is 1. The number of fused-ring (bicyclic) bond motifs is 1. The molecule has 2 N–H and O–H groups in total. The molecule has 1 unspecified atom stereocenters. The second-order valence-corrected chi connectivity index (χ2v) is 7.09. The van der Waals surface area contributed by atoms with Crippen LogP contribution in [0.1, 0.15) is 11.1 Å². The summed E-state index contributed by atoms with van der Waals surface area (Å²) >= 11 is 5.72. The molecule has 7 heteroatoms. The van der Waals surface area contributed by atoms with Gasteiger partial charge in [-0.15, -0.1) is 0 Å². The van der Waals surface area contributed by atoms with Crippen molar-refractivity contribution in [3.05, 3.63) is 94.8 Å². The second-order valence-electron chi connectivity index (χ2n) is 6.66. The molecule has 0 fully saturated rings. The summed E-state index contributed by atoms with van der Waals surface area (Å²) in [6.07, 6.45) is 0. The van der Waals surface area contributed by atoms with Crippen LogP contribution in [0, 0.1) is 5.82 Å². The zero-order valence-electron chi connectivity index (χ0n) is 15.1. The van der Waals surface area contributed by atoms with Gasteiger partial charge in [0.15, 0.2) is 5.60 Å². The van der Waals surface area contributed by atoms with Gasteiger partial charge in [-0.2, -0.15) is 0 Å². The Morgan fingerprint density at radius 3 is 2.48 bits per heavy atom. The van der Waals surface area contributed by atoms with Gasteiger partial charge in [0.2, 0.25) is 5.91 Å². The summed E-state index contributed by atoms with van der Waals surface area (Å²) in [4.78, 5) is 26.9. The molecule has 3 aromatic carbocycles. The lowest BCUT2D eigenvalue weighted by Crippen LogP contribution is -2.44. The lowest BCUT2D eigenvalue weighted by atomic mass is 9.88. The van der Waals surface area contributed by atoms with Crippen LogP contribution in [0.3, 0.4) is 0 Å². The number of hydrogen-bond acceptors (Lipinski definition) is 3. The molecule has 0 saturated carbocycles. The Bertz CT molecular complexity index is 1110. The van der Waals surface area contributed by atoms with E-state index in [9.17, 15) is 19.1 Å². The normalized spacial score (nSPS) is 17.9. The maximum atomic E-state index is 14.0. The first-order valence-corrected chi connectivity index (χ1v) is 9.23. The summed E-state index contributed by atoms with van der Waals surface area (Å²) in [7, 11) is 0. The molecule has 1 aliphatic heterocycles. The topological polar surface area (TPSA) is 69.6 Å². The van der Waals surface area contributed by atoms with Crippen molar-refractivity contribution in [3.63, 3.8) is 0 Å². The quantitative estimate of drug-likeness (QED) is 0.689. The molecule has 5 nitrogen and oxygen atoms in total. The minimum Gasteiger partial charge on any atom is -0.372 e. The number of hydrogen-bond donors (Lipinski definition) is 2. The van der Waals surface area contributed by atoms with E-state index in [1.54, 1.807) is 54.6 Å². The predicted molar refractivity (Wildman–Crippen MR) is 108 cm³/mol. The van der Waals surface area contributed by atoms with Gasteiger partial charge in [0.1, 0.15) is 12.4 Å². The number of para-hydroxylation sites is 1. The minimum atomic E-state index is -1.90. The molecule has 0 bridgehead atoms. The number of anilines is 2. The Hall–Kier alpha value is -3.22. The van der Waals surface area contributed by atoms with Gasteiger partial charge >= 0.3 is 0 Å². The van der Waals surface area contributed by atoms with Crippen LogP contribution in [0.15, 0.2) is 72.8 Å². The van der Waals surface area contributed by atoms with Crippen LogP contribution < -0.4 is 10.2 Å². The van der Waals surface area contributed by atoms with Crippen molar-refractivity contribution in [2.75, 3.05) is 16.8 Å². The summed E-state index contributed by atoms with van der Waals surface area (Å²) in [5, 5.41) is 14.0. The Balaban J connectivity index is 1.65. The third-order valence-corrected chi connectivity index (χ3v) is 5.07. The van der Waals surface area contributed by atoms with Crippen LogP contribution in [0.25, 0.3) is 0 Å². The fourth-order valence-corrected chi connectivity index (χ4v) is 3.63. The number of rotatable bonds is 4. The number of amides is 2. The molecule has 0 aliphatic carbocycles. The van der Waals surface area contributed by atoms with E-state index in [2.05, 4.69) is 5.32 Å². The van der Waals surface area contributed by atoms with Gasteiger partial charge in [-0.1, -0.05) is 60.1 Å². The van der Waals surface area contributed by atoms with Crippen LogP contribution in [0.4, 0.5) is 15.8 Å². The van der Waals surface area contributed by atoms with E-state index in [1.807, 2.05) is 0 Å². The monoisotopic (exact) mass is 410 g/mol. The van der Waals surface area contributed by atoms with E-state index >= 15 is 0 Å². The number of carbonyl (C=O) groups is 2. The van der Waals surface area contributed by atoms with Crippen molar-refractivity contribution in [2.24, 2.45) is 0 Å². The third-order valence-electron chi connectivity index (χ3n) is 4.84. The highest BCUT2D eigenvalue weighted by Gasteiger charge is 2.51. The molecular formula is C22H16ClFN2O3. The van der Waals surface area contributed by atoms with Crippen LogP contribution >= 0.6 is 11.6 Å². The molecule has 0 spiro atoms. The minimum absolute atomic E-state index is 0.0438. The number of halogens is 2. The molecule has 3 aromatic rings. The average Bonchev–Trinajstić information content (AvgIpc) is 2.94. The SMILES string of the molecule is O=C(CN1C(=O)C(O)(c2ccccc2)c2ccccc21)Nc1ccc(Cl)cc1F. The molecule has 1 atom stereocenters. The molecule has 0 saturated heterocycles. The van der Waals surface area contributed by atoms with Crippen LogP contribution in [0.5, 0.6) is 0 Å². The lowest BCUT2D eigenvalue weighted by Gasteiger charge is -2.23. The Morgan fingerprint density at radius 1 is 1.07 bits per heavy atom. The molecule has 29 heavy (non-hydrogen) atoms. The number of carbonyl (C=O) groups excluding carboxylic acids is 2. The zero-order chi connectivity index (χ0) is 20.6. The lowest BCUT2D eigenvalue weighted by molar-refractivity contribution is -0.133. The van der Waals surface area contributed by atoms with Gasteiger partial charge in [-0.3, -0.25) is 14.5 Å². The van der Waals surface area contributed by atoms with Crippen molar-refractivity contribution < 1.29 is 19.1 Å². The van der Waals surface area contributed by atoms with Gasteiger partial charge in [0.25, 0.3) is 5.91 Å². The third kappa shape index (κ3) is 3.26. The van der Waals surface area contributed by atoms with Crippen molar-refractivity contribution in [3.8, 4) is 0 Å². The average molecular weight is 411 g/mol. The Morgan fingerprint density at radius 2 is 1.76 bits per heavy atom. The smallest absolute Gasteiger partial charge is 0.268 e. The molecule has 0 aromatic heterocycles. The van der Waals surface area contributed by atoms with Crippen molar-refractivity contribution >= 4 is 34.8 Å². The van der Waals surface area contributed by atoms with Gasteiger partial charge in [-0.05, 0) is 29.8 Å². The standard InChI is InChI=1S/C22H16ClFN2O3/c23-15-10-11-18(17(24)12-15)25-20(27)13-26-19-9-5-4-8-16(19)22(29,21(26)28)14-6-2-1-3-7-14/h1-12,29H,13H2,(H,25,27). The summed E-state index contributed by atoms with van der Waals surface area (Å²) in [6, 6.07) is 19.2. The summed E-state index contributed by atoms with van der Waals surface area (Å²) in [5.41, 5.74) is -0.720. The van der Waals surface area contributed by atoms with Crippen LogP contribution in [-0.4, -0.2) is 23.5 Å². The first-order valence-electron chi connectivity index (χ1n) is 8.85. The van der Waals surface area contributed by atoms with Gasteiger partial charge in [0, 0.05) is 10.6 Å². The van der Waals surface area contributed by atoms with Crippen LogP contribution in [0.2, 0.25) is 5.02 Å². The fraction of sp³-hybridized carbons (Fsp3) is 0.0909. The number of benzene rings is 3. The Labute approximate surface area is 171 Å². The highest BCUT2D eigenvalue weighted by molar-refractivity contribution is 6.30. The molecule has 0 radical (unpaired) electrons. The van der Waals surface area contributed by atoms with Crippen molar-refractivity contribution in [2.45, 2.75) is 5.60 Å². The number of nitrogens with one attached hydrogen (secondary N) is 1. The van der Waals surface area contributed by atoms with E-state index in [0.717, 1.165) is 6.07 Å². The van der Waals surface area contributed by atoms with E-state index in [0.29, 0.717) is 16.8 Å². The molecule has 4 rings (SSSR count). The highest BCUT2D eigenvalue weighted by atomic mass is 35.5. The largest absolute Gasteiger partial charge is 0.372 e. The summed E-state index contributed by atoms with van der Waals surface area (Å²) in [5.74, 6) is -1.93. The van der Waals surface area contributed by atoms with E-state index in [4.69, 9.17) is 11.6 Å². The fourth-order valence-electron chi connectivity index (χ4n) is 3.47. The van der Waals surface area contributed by atoms with Gasteiger partial charge in [0.05, 0.1) is 11.4 Å². The molecule has 1 heterocycles. The van der Waals surface area contributed by atoms with Gasteiger partial charge in [-0.25, -0.2) is 4.39 Å². The zero-order valence-corrected chi connectivity index (χ0v) is 15.9. The second kappa shape index (κ2) is 7.31. The number of aliphatic hydroxyl groups is 1. The molecular weight excluding hydrogens is 395 g/mol. The Kier molecular flexibility index (Phi) is 4.82. The first kappa shape index (κ1) is 19.1. The summed E-state index contributed by atoms with van der Waals surface area (Å²) in [6.45, 7) is -0.382. The van der Waals surface area contributed by atoms with Gasteiger partial charge < -0.3 is 10.4 Å². The van der Waals surface area contributed by atoms with Crippen LogP contribution in [-0.2, 0) is 15.2 Å². The molecule has 1 aliphatic rings. The van der Waals surface area contributed by atoms with E-state index in [-0.39, 0.29) is 17.3 Å². The predicted octanol–water partition coefficient (Wildman–Crippen LogP) is 3.70. The summed E-state index contributed by atoms with van der Waals surface area (Å²) < 4.78 is 14.0. The first-order chi connectivity index (χ1) is 13.9. The maximum absolute atomic E-state index is 14.0. The maximum Gasteiger partial charge on any atom is 0.268 e. The van der Waals surface area contributed by atoms with E-state index < -0.39 is 23.2 Å². The molecule has 2 amide bonds. The molecule has 146 valence electrons. The van der Waals surface area contributed by atoms with Crippen molar-refractivity contribution in [1.82, 2.24) is 0 Å². The highest BCUT2D eigenvalue weighted by Crippen LogP contribution is 2.44. The van der Waals surface area contributed by atoms with E-state index in [1.165, 1.54) is 17.0 Å².